The Labute approximate surface area is 102 Å². The summed E-state index contributed by atoms with van der Waals surface area (Å²) in [6, 6.07) is 9.74. The fraction of sp³-hybridized carbons (Fsp3) is 0.0769. The molecule has 1 heterocycles. The van der Waals surface area contributed by atoms with Crippen LogP contribution in [0.3, 0.4) is 0 Å². The summed E-state index contributed by atoms with van der Waals surface area (Å²) >= 11 is 0. The Morgan fingerprint density at radius 2 is 1.83 bits per heavy atom. The van der Waals surface area contributed by atoms with Crippen LogP contribution in [0.4, 0.5) is 14.6 Å². The van der Waals surface area contributed by atoms with Crippen LogP contribution in [0.2, 0.25) is 0 Å². The van der Waals surface area contributed by atoms with E-state index in [4.69, 9.17) is 0 Å². The van der Waals surface area contributed by atoms with E-state index in [2.05, 4.69) is 10.3 Å². The lowest BCUT2D eigenvalue weighted by Crippen LogP contribution is -2.15. The number of halogens is 2. The summed E-state index contributed by atoms with van der Waals surface area (Å²) in [5.41, 5.74) is 0.672. The van der Waals surface area contributed by atoms with Crippen molar-refractivity contribution in [2.24, 2.45) is 0 Å². The number of nitrogens with zero attached hydrogens (tertiary/aromatic N) is 1. The molecule has 1 aromatic heterocycles. The quantitative estimate of drug-likeness (QED) is 0.848. The Morgan fingerprint density at radius 3 is 2.50 bits per heavy atom. The van der Waals surface area contributed by atoms with Gasteiger partial charge in [-0.25, -0.2) is 9.37 Å². The smallest absolute Gasteiger partial charge is 0.229 e. The fourth-order valence-corrected chi connectivity index (χ4v) is 1.45. The molecule has 0 aliphatic rings. The molecule has 1 amide bonds. The van der Waals surface area contributed by atoms with Gasteiger partial charge in [0, 0.05) is 0 Å². The van der Waals surface area contributed by atoms with E-state index in [1.807, 2.05) is 0 Å². The molecule has 0 saturated heterocycles. The predicted octanol–water partition coefficient (Wildman–Crippen LogP) is 2.54. The molecular weight excluding hydrogens is 238 g/mol. The summed E-state index contributed by atoms with van der Waals surface area (Å²) < 4.78 is 25.4. The molecule has 0 bridgehead atoms. The van der Waals surface area contributed by atoms with Gasteiger partial charge in [-0.05, 0) is 29.8 Å². The maximum absolute atomic E-state index is 12.8. The van der Waals surface area contributed by atoms with E-state index in [1.54, 1.807) is 0 Å². The topological polar surface area (TPSA) is 42.0 Å². The Morgan fingerprint density at radius 1 is 1.11 bits per heavy atom. The van der Waals surface area contributed by atoms with Gasteiger partial charge in [-0.2, -0.15) is 4.39 Å². The number of benzene rings is 1. The number of hydrogen-bond donors (Lipinski definition) is 1. The zero-order chi connectivity index (χ0) is 13.0. The standard InChI is InChI=1S/C13H10F2N2O/c14-10-6-4-9(5-7-10)8-13(18)17-12-3-1-2-11(15)16-12/h1-7H,8H2,(H,16,17,18). The molecule has 0 spiro atoms. The highest BCUT2D eigenvalue weighted by Gasteiger charge is 2.05. The van der Waals surface area contributed by atoms with Crippen molar-refractivity contribution in [3.8, 4) is 0 Å². The first kappa shape index (κ1) is 12.2. The predicted molar refractivity (Wildman–Crippen MR) is 62.9 cm³/mol. The van der Waals surface area contributed by atoms with Crippen LogP contribution < -0.4 is 5.32 Å². The lowest BCUT2D eigenvalue weighted by Gasteiger charge is -2.04. The van der Waals surface area contributed by atoms with Gasteiger partial charge in [0.05, 0.1) is 6.42 Å². The van der Waals surface area contributed by atoms with E-state index in [-0.39, 0.29) is 24.0 Å². The maximum atomic E-state index is 12.8. The number of pyridine rings is 1. The third kappa shape index (κ3) is 3.35. The van der Waals surface area contributed by atoms with Crippen LogP contribution in [-0.2, 0) is 11.2 Å². The van der Waals surface area contributed by atoms with Gasteiger partial charge in [0.1, 0.15) is 11.6 Å². The van der Waals surface area contributed by atoms with Crippen LogP contribution in [0.25, 0.3) is 0 Å². The van der Waals surface area contributed by atoms with E-state index in [0.717, 1.165) is 0 Å². The molecule has 0 atom stereocenters. The molecule has 0 aliphatic heterocycles. The molecule has 0 aliphatic carbocycles. The van der Waals surface area contributed by atoms with Gasteiger partial charge in [-0.1, -0.05) is 18.2 Å². The van der Waals surface area contributed by atoms with Crippen LogP contribution in [0, 0.1) is 11.8 Å². The molecule has 2 rings (SSSR count). The Kier molecular flexibility index (Phi) is 3.62. The van der Waals surface area contributed by atoms with E-state index in [1.165, 1.54) is 42.5 Å². The number of carbonyl (C=O) groups excluding carboxylic acids is 1. The van der Waals surface area contributed by atoms with Crippen molar-refractivity contribution in [2.45, 2.75) is 6.42 Å². The summed E-state index contributed by atoms with van der Waals surface area (Å²) in [6.07, 6.45) is 0.0818. The highest BCUT2D eigenvalue weighted by atomic mass is 19.1. The monoisotopic (exact) mass is 248 g/mol. The van der Waals surface area contributed by atoms with Crippen LogP contribution >= 0.6 is 0 Å². The van der Waals surface area contributed by atoms with Crippen molar-refractivity contribution < 1.29 is 13.6 Å². The van der Waals surface area contributed by atoms with Gasteiger partial charge < -0.3 is 5.32 Å². The van der Waals surface area contributed by atoms with Crippen molar-refractivity contribution in [1.82, 2.24) is 4.98 Å². The van der Waals surface area contributed by atoms with E-state index < -0.39 is 5.95 Å². The number of aromatic nitrogens is 1. The number of nitrogens with one attached hydrogen (secondary N) is 1. The first-order valence-corrected chi connectivity index (χ1v) is 5.30. The lowest BCUT2D eigenvalue weighted by molar-refractivity contribution is -0.115. The normalized spacial score (nSPS) is 10.1. The first-order chi connectivity index (χ1) is 8.63. The molecule has 0 saturated carbocycles. The number of anilines is 1. The molecule has 0 radical (unpaired) electrons. The second kappa shape index (κ2) is 5.35. The molecule has 1 N–H and O–H groups in total. The second-order valence-corrected chi connectivity index (χ2v) is 3.70. The zero-order valence-electron chi connectivity index (χ0n) is 9.36. The first-order valence-electron chi connectivity index (χ1n) is 5.30. The average Bonchev–Trinajstić information content (AvgIpc) is 2.32. The van der Waals surface area contributed by atoms with Crippen molar-refractivity contribution in [3.05, 3.63) is 59.8 Å². The third-order valence-corrected chi connectivity index (χ3v) is 2.26. The highest BCUT2D eigenvalue weighted by Crippen LogP contribution is 2.07. The van der Waals surface area contributed by atoms with Gasteiger partial charge in [0.25, 0.3) is 0 Å². The van der Waals surface area contributed by atoms with E-state index in [0.29, 0.717) is 5.56 Å². The minimum absolute atomic E-state index is 0.0818. The highest BCUT2D eigenvalue weighted by molar-refractivity contribution is 5.91. The summed E-state index contributed by atoms with van der Waals surface area (Å²) in [7, 11) is 0. The SMILES string of the molecule is O=C(Cc1ccc(F)cc1)Nc1cccc(F)n1. The largest absolute Gasteiger partial charge is 0.310 e. The minimum atomic E-state index is -0.658. The summed E-state index contributed by atoms with van der Waals surface area (Å²) in [5.74, 6) is -1.19. The van der Waals surface area contributed by atoms with Crippen molar-refractivity contribution in [3.63, 3.8) is 0 Å². The minimum Gasteiger partial charge on any atom is -0.310 e. The molecular formula is C13H10F2N2O. The Balaban J connectivity index is 1.98. The molecule has 0 unspecified atom stereocenters. The summed E-state index contributed by atoms with van der Waals surface area (Å²) in [4.78, 5) is 15.1. The van der Waals surface area contributed by atoms with Gasteiger partial charge in [-0.15, -0.1) is 0 Å². The van der Waals surface area contributed by atoms with Crippen molar-refractivity contribution in [2.75, 3.05) is 5.32 Å². The van der Waals surface area contributed by atoms with Gasteiger partial charge in [-0.3, -0.25) is 4.79 Å². The van der Waals surface area contributed by atoms with Gasteiger partial charge in [0.15, 0.2) is 0 Å². The van der Waals surface area contributed by atoms with Gasteiger partial charge >= 0.3 is 0 Å². The maximum Gasteiger partial charge on any atom is 0.229 e. The molecule has 5 heteroatoms. The van der Waals surface area contributed by atoms with Crippen LogP contribution in [-0.4, -0.2) is 10.9 Å². The summed E-state index contributed by atoms with van der Waals surface area (Å²) in [6.45, 7) is 0. The van der Waals surface area contributed by atoms with Gasteiger partial charge in [0.2, 0.25) is 11.9 Å². The number of carbonyl (C=O) groups is 1. The number of amides is 1. The lowest BCUT2D eigenvalue weighted by atomic mass is 10.1. The van der Waals surface area contributed by atoms with Crippen LogP contribution in [0.15, 0.2) is 42.5 Å². The molecule has 2 aromatic rings. The van der Waals surface area contributed by atoms with Crippen molar-refractivity contribution in [1.29, 1.82) is 0 Å². The molecule has 0 fully saturated rings. The van der Waals surface area contributed by atoms with Crippen LogP contribution in [0.1, 0.15) is 5.56 Å². The fourth-order valence-electron chi connectivity index (χ4n) is 1.45. The third-order valence-electron chi connectivity index (χ3n) is 2.26. The molecule has 1 aromatic carbocycles. The Bertz CT molecular complexity index is 555. The van der Waals surface area contributed by atoms with Crippen molar-refractivity contribution >= 4 is 11.7 Å². The van der Waals surface area contributed by atoms with Crippen LogP contribution in [0.5, 0.6) is 0 Å². The number of rotatable bonds is 3. The second-order valence-electron chi connectivity index (χ2n) is 3.70. The van der Waals surface area contributed by atoms with E-state index >= 15 is 0 Å². The summed E-state index contributed by atoms with van der Waals surface area (Å²) in [5, 5.41) is 2.46. The molecule has 18 heavy (non-hydrogen) atoms. The zero-order valence-corrected chi connectivity index (χ0v) is 9.36. The molecule has 3 nitrogen and oxygen atoms in total. The van der Waals surface area contributed by atoms with E-state index in [9.17, 15) is 13.6 Å². The Hall–Kier alpha value is -2.30. The molecule has 92 valence electrons. The average molecular weight is 248 g/mol. The number of hydrogen-bond acceptors (Lipinski definition) is 2.